The number of carbonyl (C=O) groups is 1. The summed E-state index contributed by atoms with van der Waals surface area (Å²) >= 11 is 1.69. The highest BCUT2D eigenvalue weighted by atomic mass is 32.2. The van der Waals surface area contributed by atoms with Gasteiger partial charge in [0.2, 0.25) is 5.91 Å². The Bertz CT molecular complexity index is 493. The van der Waals surface area contributed by atoms with Gasteiger partial charge in [0, 0.05) is 24.7 Å². The summed E-state index contributed by atoms with van der Waals surface area (Å²) in [6.45, 7) is 7.73. The van der Waals surface area contributed by atoms with Gasteiger partial charge in [-0.3, -0.25) is 4.79 Å². The fraction of sp³-hybridized carbons (Fsp3) is 0.562. The molecule has 4 nitrogen and oxygen atoms in total. The van der Waals surface area contributed by atoms with Gasteiger partial charge in [-0.2, -0.15) is 0 Å². The fourth-order valence-electron chi connectivity index (χ4n) is 2.49. The average Bonchev–Trinajstić information content (AvgIpc) is 2.75. The molecule has 0 aromatic heterocycles. The van der Waals surface area contributed by atoms with Crippen molar-refractivity contribution in [2.45, 2.75) is 37.4 Å². The van der Waals surface area contributed by atoms with Crippen molar-refractivity contribution in [1.29, 1.82) is 0 Å². The highest BCUT2D eigenvalue weighted by molar-refractivity contribution is 8.01. The Morgan fingerprint density at radius 2 is 2.10 bits per heavy atom. The summed E-state index contributed by atoms with van der Waals surface area (Å²) in [5.41, 5.74) is 1.08. The molecule has 2 rings (SSSR count). The maximum Gasteiger partial charge on any atom is 0.236 e. The Hall–Kier alpha value is -1.20. The predicted octanol–water partition coefficient (Wildman–Crippen LogP) is 2.66. The van der Waals surface area contributed by atoms with Crippen LogP contribution in [0.4, 0.5) is 0 Å². The molecule has 116 valence electrons. The molecule has 1 amide bonds. The molecule has 1 N–H and O–H groups in total. The number of benzene rings is 1. The number of hydrogen-bond donors (Lipinski definition) is 1. The maximum absolute atomic E-state index is 12.4. The van der Waals surface area contributed by atoms with Crippen molar-refractivity contribution in [2.24, 2.45) is 0 Å². The lowest BCUT2D eigenvalue weighted by molar-refractivity contribution is -0.129. The number of hydrogen-bond acceptors (Lipinski definition) is 4. The smallest absolute Gasteiger partial charge is 0.236 e. The second kappa shape index (κ2) is 7.18. The Balaban J connectivity index is 2.17. The van der Waals surface area contributed by atoms with Crippen molar-refractivity contribution in [3.63, 3.8) is 0 Å². The highest BCUT2D eigenvalue weighted by Gasteiger charge is 2.39. The van der Waals surface area contributed by atoms with Gasteiger partial charge in [-0.15, -0.1) is 11.8 Å². The Morgan fingerprint density at radius 1 is 1.38 bits per heavy atom. The molecule has 21 heavy (non-hydrogen) atoms. The summed E-state index contributed by atoms with van der Waals surface area (Å²) < 4.78 is 5.45. The van der Waals surface area contributed by atoms with Crippen LogP contribution in [0.1, 0.15) is 31.7 Å². The summed E-state index contributed by atoms with van der Waals surface area (Å²) in [6.07, 6.45) is 0. The van der Waals surface area contributed by atoms with Gasteiger partial charge in [0.25, 0.3) is 0 Å². The Kier molecular flexibility index (Phi) is 5.53. The van der Waals surface area contributed by atoms with Gasteiger partial charge in [0.15, 0.2) is 0 Å². The van der Waals surface area contributed by atoms with Gasteiger partial charge in [-0.05, 0) is 13.0 Å². The largest absolute Gasteiger partial charge is 0.496 e. The van der Waals surface area contributed by atoms with Crippen molar-refractivity contribution < 1.29 is 9.53 Å². The molecule has 1 aromatic rings. The van der Waals surface area contributed by atoms with Crippen LogP contribution in [0, 0.1) is 0 Å². The van der Waals surface area contributed by atoms with Crippen molar-refractivity contribution in [1.82, 2.24) is 10.2 Å². The number of rotatable bonds is 6. The van der Waals surface area contributed by atoms with Crippen LogP contribution in [-0.4, -0.2) is 42.3 Å². The summed E-state index contributed by atoms with van der Waals surface area (Å²) in [5, 5.41) is 3.41. The first-order valence-corrected chi connectivity index (χ1v) is 8.31. The monoisotopic (exact) mass is 308 g/mol. The number of para-hydroxylation sites is 1. The number of amides is 1. The molecule has 1 aliphatic rings. The lowest BCUT2D eigenvalue weighted by atomic mass is 10.1. The van der Waals surface area contributed by atoms with E-state index in [0.29, 0.717) is 6.04 Å². The van der Waals surface area contributed by atoms with E-state index in [9.17, 15) is 4.79 Å². The molecule has 1 aliphatic heterocycles. The lowest BCUT2D eigenvalue weighted by Crippen LogP contribution is -2.38. The second-order valence-corrected chi connectivity index (χ2v) is 6.94. The van der Waals surface area contributed by atoms with Crippen LogP contribution in [-0.2, 0) is 4.79 Å². The molecule has 0 saturated carbocycles. The van der Waals surface area contributed by atoms with E-state index in [1.54, 1.807) is 18.9 Å². The molecule has 0 unspecified atom stereocenters. The molecule has 5 heteroatoms. The first-order chi connectivity index (χ1) is 10.0. The van der Waals surface area contributed by atoms with Crippen molar-refractivity contribution in [3.05, 3.63) is 29.8 Å². The van der Waals surface area contributed by atoms with Crippen molar-refractivity contribution in [3.8, 4) is 5.75 Å². The second-order valence-electron chi connectivity index (χ2n) is 5.51. The molecule has 1 fully saturated rings. The first kappa shape index (κ1) is 16.2. The number of nitrogens with one attached hydrogen (secondary N) is 1. The van der Waals surface area contributed by atoms with Gasteiger partial charge in [-0.25, -0.2) is 0 Å². The van der Waals surface area contributed by atoms with E-state index in [1.165, 1.54) is 0 Å². The van der Waals surface area contributed by atoms with Gasteiger partial charge in [-0.1, -0.05) is 32.0 Å². The zero-order valence-electron chi connectivity index (χ0n) is 13.1. The van der Waals surface area contributed by atoms with Crippen LogP contribution in [0.25, 0.3) is 0 Å². The zero-order chi connectivity index (χ0) is 15.4. The molecule has 0 bridgehead atoms. The third-order valence-electron chi connectivity index (χ3n) is 3.56. The standard InChI is InChI=1S/C16H24N2O2S/c1-11(2)17-9-10-18-15(19)12(3)21-16(18)13-7-5-6-8-14(13)20-4/h5-8,11-12,16-17H,9-10H2,1-4H3/t12-,16-/m1/s1. The SMILES string of the molecule is COc1ccccc1[C@H]1S[C@H](C)C(=O)N1CCNC(C)C. The lowest BCUT2D eigenvalue weighted by Gasteiger charge is -2.26. The van der Waals surface area contributed by atoms with Crippen LogP contribution in [0.15, 0.2) is 24.3 Å². The summed E-state index contributed by atoms with van der Waals surface area (Å²) in [4.78, 5) is 14.4. The van der Waals surface area contributed by atoms with E-state index in [1.807, 2.05) is 36.1 Å². The molecular formula is C16H24N2O2S. The third kappa shape index (κ3) is 3.71. The van der Waals surface area contributed by atoms with Crippen LogP contribution < -0.4 is 10.1 Å². The molecule has 2 atom stereocenters. The average molecular weight is 308 g/mol. The van der Waals surface area contributed by atoms with E-state index in [0.717, 1.165) is 24.4 Å². The number of ether oxygens (including phenoxy) is 1. The Labute approximate surface area is 131 Å². The van der Waals surface area contributed by atoms with Crippen LogP contribution >= 0.6 is 11.8 Å². The topological polar surface area (TPSA) is 41.6 Å². The third-order valence-corrected chi connectivity index (χ3v) is 4.93. The van der Waals surface area contributed by atoms with Crippen LogP contribution in [0.2, 0.25) is 0 Å². The van der Waals surface area contributed by atoms with Crippen molar-refractivity contribution >= 4 is 17.7 Å². The van der Waals surface area contributed by atoms with Crippen molar-refractivity contribution in [2.75, 3.05) is 20.2 Å². The van der Waals surface area contributed by atoms with E-state index < -0.39 is 0 Å². The normalized spacial score (nSPS) is 22.1. The molecule has 1 saturated heterocycles. The molecule has 1 heterocycles. The summed E-state index contributed by atoms with van der Waals surface area (Å²) in [5.74, 6) is 1.06. The van der Waals surface area contributed by atoms with Crippen LogP contribution in [0.5, 0.6) is 5.75 Å². The number of nitrogens with zero attached hydrogens (tertiary/aromatic N) is 1. The van der Waals surface area contributed by atoms with E-state index in [2.05, 4.69) is 19.2 Å². The van der Waals surface area contributed by atoms with Gasteiger partial charge in [0.05, 0.1) is 12.4 Å². The molecule has 0 aliphatic carbocycles. The zero-order valence-corrected chi connectivity index (χ0v) is 13.9. The van der Waals surface area contributed by atoms with E-state index >= 15 is 0 Å². The minimum Gasteiger partial charge on any atom is -0.496 e. The summed E-state index contributed by atoms with van der Waals surface area (Å²) in [7, 11) is 1.67. The molecular weight excluding hydrogens is 284 g/mol. The highest BCUT2D eigenvalue weighted by Crippen LogP contribution is 2.45. The number of methoxy groups -OCH3 is 1. The molecule has 1 aromatic carbocycles. The Morgan fingerprint density at radius 3 is 2.76 bits per heavy atom. The maximum atomic E-state index is 12.4. The number of carbonyl (C=O) groups excluding carboxylic acids is 1. The van der Waals surface area contributed by atoms with Gasteiger partial charge >= 0.3 is 0 Å². The summed E-state index contributed by atoms with van der Waals surface area (Å²) in [6, 6.07) is 8.38. The van der Waals surface area contributed by atoms with E-state index in [4.69, 9.17) is 4.74 Å². The minimum absolute atomic E-state index is 0.000961. The quantitative estimate of drug-likeness (QED) is 0.877. The van der Waals surface area contributed by atoms with Gasteiger partial charge < -0.3 is 15.0 Å². The predicted molar refractivity (Wildman–Crippen MR) is 87.6 cm³/mol. The first-order valence-electron chi connectivity index (χ1n) is 7.36. The minimum atomic E-state index is -0.000961. The molecule has 0 spiro atoms. The number of thioether (sulfide) groups is 1. The fourth-order valence-corrected chi connectivity index (χ4v) is 3.82. The van der Waals surface area contributed by atoms with E-state index in [-0.39, 0.29) is 16.5 Å². The van der Waals surface area contributed by atoms with Gasteiger partial charge in [0.1, 0.15) is 11.1 Å². The molecule has 0 radical (unpaired) electrons. The van der Waals surface area contributed by atoms with Crippen LogP contribution in [0.3, 0.4) is 0 Å².